The highest BCUT2D eigenvalue weighted by Crippen LogP contribution is 2.28. The number of piperazine rings is 1. The minimum atomic E-state index is -0.664. The van der Waals surface area contributed by atoms with Crippen LogP contribution in [0.3, 0.4) is 0 Å². The van der Waals surface area contributed by atoms with E-state index < -0.39 is 5.60 Å². The highest BCUT2D eigenvalue weighted by Gasteiger charge is 2.24. The van der Waals surface area contributed by atoms with Gasteiger partial charge in [0.1, 0.15) is 4.99 Å². The summed E-state index contributed by atoms with van der Waals surface area (Å²) in [7, 11) is 0. The fourth-order valence-electron chi connectivity index (χ4n) is 2.71. The van der Waals surface area contributed by atoms with Crippen molar-refractivity contribution >= 4 is 34.5 Å². The Morgan fingerprint density at radius 2 is 1.95 bits per heavy atom. The number of benzene rings is 1. The Hall–Kier alpha value is -0.880. The summed E-state index contributed by atoms with van der Waals surface area (Å²) < 4.78 is 0. The summed E-state index contributed by atoms with van der Waals surface area (Å²) in [4.78, 5) is 4.84. The molecule has 1 aromatic rings. The monoisotopic (exact) mass is 327 g/mol. The van der Waals surface area contributed by atoms with E-state index in [1.54, 1.807) is 0 Å². The van der Waals surface area contributed by atoms with Crippen LogP contribution >= 0.6 is 23.8 Å². The van der Waals surface area contributed by atoms with E-state index in [1.807, 2.05) is 32.0 Å². The van der Waals surface area contributed by atoms with Gasteiger partial charge in [-0.05, 0) is 26.0 Å². The molecule has 116 valence electrons. The third-order valence-electron chi connectivity index (χ3n) is 3.56. The van der Waals surface area contributed by atoms with Crippen LogP contribution in [0.4, 0.5) is 5.69 Å². The SMILES string of the molecule is CC(C)(O)CN1CCN(c2cccc(Cl)c2C(N)=S)CC1. The van der Waals surface area contributed by atoms with Gasteiger partial charge >= 0.3 is 0 Å². The smallest absolute Gasteiger partial charge is 0.107 e. The Morgan fingerprint density at radius 3 is 2.48 bits per heavy atom. The van der Waals surface area contributed by atoms with E-state index in [-0.39, 0.29) is 0 Å². The normalized spacial score (nSPS) is 17.0. The second-order valence-corrected chi connectivity index (χ2v) is 6.92. The minimum absolute atomic E-state index is 0.328. The number of aliphatic hydroxyl groups is 1. The first-order valence-corrected chi connectivity index (χ1v) is 7.84. The van der Waals surface area contributed by atoms with Gasteiger partial charge in [-0.1, -0.05) is 29.9 Å². The van der Waals surface area contributed by atoms with Gasteiger partial charge in [0.2, 0.25) is 0 Å². The molecule has 1 fully saturated rings. The summed E-state index contributed by atoms with van der Waals surface area (Å²) in [5.74, 6) is 0. The molecule has 1 saturated heterocycles. The third kappa shape index (κ3) is 4.30. The zero-order chi connectivity index (χ0) is 15.6. The van der Waals surface area contributed by atoms with E-state index in [2.05, 4.69) is 9.80 Å². The Labute approximate surface area is 136 Å². The largest absolute Gasteiger partial charge is 0.389 e. The molecule has 3 N–H and O–H groups in total. The van der Waals surface area contributed by atoms with Crippen LogP contribution in [0, 0.1) is 0 Å². The van der Waals surface area contributed by atoms with Gasteiger partial charge in [-0.15, -0.1) is 0 Å². The maximum atomic E-state index is 9.90. The Balaban J connectivity index is 2.10. The van der Waals surface area contributed by atoms with Crippen molar-refractivity contribution in [2.24, 2.45) is 5.73 Å². The standard InChI is InChI=1S/C15H22ClN3OS/c1-15(2,20)10-18-6-8-19(9-7-18)12-5-3-4-11(16)13(12)14(17)21/h3-5,20H,6-10H2,1-2H3,(H2,17,21). The molecule has 21 heavy (non-hydrogen) atoms. The van der Waals surface area contributed by atoms with Crippen LogP contribution in [0.15, 0.2) is 18.2 Å². The van der Waals surface area contributed by atoms with Crippen molar-refractivity contribution in [3.63, 3.8) is 0 Å². The number of hydrogen-bond donors (Lipinski definition) is 2. The average molecular weight is 328 g/mol. The second-order valence-electron chi connectivity index (χ2n) is 6.07. The maximum Gasteiger partial charge on any atom is 0.107 e. The first kappa shape index (κ1) is 16.5. The van der Waals surface area contributed by atoms with Gasteiger partial charge in [0.15, 0.2) is 0 Å². The molecule has 2 rings (SSSR count). The quantitative estimate of drug-likeness (QED) is 0.827. The number of hydrogen-bond acceptors (Lipinski definition) is 4. The summed E-state index contributed by atoms with van der Waals surface area (Å²) in [6.45, 7) is 7.87. The zero-order valence-electron chi connectivity index (χ0n) is 12.5. The predicted octanol–water partition coefficient (Wildman–Crippen LogP) is 1.87. The van der Waals surface area contributed by atoms with E-state index in [4.69, 9.17) is 29.6 Å². The Morgan fingerprint density at radius 1 is 1.33 bits per heavy atom. The van der Waals surface area contributed by atoms with E-state index in [0.717, 1.165) is 37.4 Å². The molecular formula is C15H22ClN3OS. The minimum Gasteiger partial charge on any atom is -0.389 e. The maximum absolute atomic E-state index is 9.90. The van der Waals surface area contributed by atoms with Crippen molar-refractivity contribution in [2.45, 2.75) is 19.4 Å². The second kappa shape index (κ2) is 6.48. The highest BCUT2D eigenvalue weighted by atomic mass is 35.5. The Kier molecular flexibility index (Phi) is 5.09. The lowest BCUT2D eigenvalue weighted by atomic mass is 10.1. The van der Waals surface area contributed by atoms with Gasteiger partial charge in [0.05, 0.1) is 16.2 Å². The fraction of sp³-hybridized carbons (Fsp3) is 0.533. The summed E-state index contributed by atoms with van der Waals surface area (Å²) in [6, 6.07) is 5.73. The van der Waals surface area contributed by atoms with Crippen LogP contribution in [0.2, 0.25) is 5.02 Å². The molecule has 6 heteroatoms. The lowest BCUT2D eigenvalue weighted by molar-refractivity contribution is 0.0345. The van der Waals surface area contributed by atoms with Gasteiger partial charge < -0.3 is 15.7 Å². The number of rotatable bonds is 4. The van der Waals surface area contributed by atoms with Crippen molar-refractivity contribution < 1.29 is 5.11 Å². The molecule has 0 bridgehead atoms. The van der Waals surface area contributed by atoms with Crippen molar-refractivity contribution in [2.75, 3.05) is 37.6 Å². The van der Waals surface area contributed by atoms with Crippen molar-refractivity contribution in [3.05, 3.63) is 28.8 Å². The lowest BCUT2D eigenvalue weighted by Gasteiger charge is -2.39. The molecule has 0 saturated carbocycles. The number of thiocarbonyl (C=S) groups is 1. The first-order chi connectivity index (χ1) is 9.78. The zero-order valence-corrected chi connectivity index (χ0v) is 14.0. The van der Waals surface area contributed by atoms with Gasteiger partial charge in [-0.25, -0.2) is 0 Å². The molecule has 0 unspecified atom stereocenters. The van der Waals surface area contributed by atoms with Crippen LogP contribution in [0.1, 0.15) is 19.4 Å². The van der Waals surface area contributed by atoms with Crippen LogP contribution in [0.5, 0.6) is 0 Å². The Bertz CT molecular complexity index is 522. The van der Waals surface area contributed by atoms with E-state index >= 15 is 0 Å². The van der Waals surface area contributed by atoms with Crippen LogP contribution in [-0.2, 0) is 0 Å². The molecule has 1 aliphatic heterocycles. The molecule has 0 aromatic heterocycles. The number of β-amino-alcohol motifs (C(OH)–C–C–N with tert-alkyl or cyclic N) is 1. The number of nitrogens with two attached hydrogens (primary N) is 1. The van der Waals surface area contributed by atoms with Crippen molar-refractivity contribution in [1.29, 1.82) is 0 Å². The molecule has 1 aliphatic rings. The molecule has 4 nitrogen and oxygen atoms in total. The van der Waals surface area contributed by atoms with Gasteiger partial charge in [-0.3, -0.25) is 4.90 Å². The van der Waals surface area contributed by atoms with Crippen molar-refractivity contribution in [3.8, 4) is 0 Å². The summed E-state index contributed by atoms with van der Waals surface area (Å²) in [6.07, 6.45) is 0. The average Bonchev–Trinajstić information content (AvgIpc) is 2.37. The topological polar surface area (TPSA) is 52.7 Å². The summed E-state index contributed by atoms with van der Waals surface area (Å²) >= 11 is 11.3. The lowest BCUT2D eigenvalue weighted by Crippen LogP contribution is -2.50. The van der Waals surface area contributed by atoms with E-state index in [9.17, 15) is 5.11 Å². The predicted molar refractivity (Wildman–Crippen MR) is 92.3 cm³/mol. The molecule has 1 aromatic carbocycles. The number of anilines is 1. The molecule has 0 amide bonds. The molecule has 0 aliphatic carbocycles. The van der Waals surface area contributed by atoms with E-state index in [0.29, 0.717) is 16.6 Å². The molecule has 0 atom stereocenters. The summed E-state index contributed by atoms with van der Waals surface area (Å²) in [5, 5.41) is 10.5. The first-order valence-electron chi connectivity index (χ1n) is 7.06. The molecule has 0 radical (unpaired) electrons. The van der Waals surface area contributed by atoms with Crippen molar-refractivity contribution in [1.82, 2.24) is 4.90 Å². The van der Waals surface area contributed by atoms with Crippen LogP contribution in [-0.4, -0.2) is 53.3 Å². The highest BCUT2D eigenvalue weighted by molar-refractivity contribution is 7.80. The van der Waals surface area contributed by atoms with Gasteiger partial charge in [0, 0.05) is 38.4 Å². The molecule has 0 spiro atoms. The fourth-order valence-corrected chi connectivity index (χ4v) is 3.26. The van der Waals surface area contributed by atoms with Crippen LogP contribution in [0.25, 0.3) is 0 Å². The van der Waals surface area contributed by atoms with Gasteiger partial charge in [0.25, 0.3) is 0 Å². The number of halogens is 1. The van der Waals surface area contributed by atoms with Crippen LogP contribution < -0.4 is 10.6 Å². The third-order valence-corrected chi connectivity index (χ3v) is 4.08. The molecule has 1 heterocycles. The van der Waals surface area contributed by atoms with E-state index in [1.165, 1.54) is 0 Å². The summed E-state index contributed by atoms with van der Waals surface area (Å²) in [5.41, 5.74) is 6.90. The number of nitrogens with zero attached hydrogens (tertiary/aromatic N) is 2. The van der Waals surface area contributed by atoms with Gasteiger partial charge in [-0.2, -0.15) is 0 Å². The molecular weight excluding hydrogens is 306 g/mol.